The van der Waals surface area contributed by atoms with Crippen LogP contribution in [-0.4, -0.2) is 24.1 Å². The number of hydrogen-bond donors (Lipinski definition) is 0. The maximum Gasteiger partial charge on any atom is 0.271 e. The highest BCUT2D eigenvalue weighted by Crippen LogP contribution is 2.27. The Morgan fingerprint density at radius 2 is 1.96 bits per heavy atom. The maximum absolute atomic E-state index is 10.8. The lowest BCUT2D eigenvalue weighted by molar-refractivity contribution is -0.384. The molecule has 0 saturated carbocycles. The van der Waals surface area contributed by atoms with E-state index in [4.69, 9.17) is 13.9 Å². The van der Waals surface area contributed by atoms with Crippen LogP contribution in [0.3, 0.4) is 0 Å². The molecular weight excluding hydrogens is 312 g/mol. The van der Waals surface area contributed by atoms with E-state index in [1.807, 2.05) is 12.1 Å². The number of nitro benzene ring substituents is 1. The topological polar surface area (TPSA) is 87.6 Å². The van der Waals surface area contributed by atoms with Gasteiger partial charge in [0.25, 0.3) is 5.69 Å². The fraction of sp³-hybridized carbons (Fsp3) is 0.118. The molecule has 1 heterocycles. The van der Waals surface area contributed by atoms with Crippen LogP contribution in [0.5, 0.6) is 11.5 Å². The third-order valence-corrected chi connectivity index (χ3v) is 3.44. The zero-order chi connectivity index (χ0) is 17.1. The second-order valence-electron chi connectivity index (χ2n) is 4.90. The number of methoxy groups -OCH3 is 2. The maximum atomic E-state index is 10.8. The van der Waals surface area contributed by atoms with Crippen LogP contribution in [0.25, 0.3) is 23.3 Å². The zero-order valence-electron chi connectivity index (χ0n) is 13.1. The predicted molar refractivity (Wildman–Crippen MR) is 89.1 cm³/mol. The van der Waals surface area contributed by atoms with Gasteiger partial charge in [0.2, 0.25) is 5.89 Å². The molecule has 0 atom stereocenters. The largest absolute Gasteiger partial charge is 0.497 e. The molecule has 0 spiro atoms. The van der Waals surface area contributed by atoms with E-state index in [-0.39, 0.29) is 5.69 Å². The minimum atomic E-state index is -0.466. The standard InChI is InChI=1S/C17H14N2O5/c1-22-13-6-3-11(16(10-13)23-2)4-8-17-18-14-9-12(19(20)21)5-7-15(14)24-17/h3-10H,1-2H3/b8-4+. The Bertz CT molecular complexity index is 930. The SMILES string of the molecule is COc1ccc(/C=C/c2nc3cc([N+](=O)[O-])ccc3o2)c(OC)c1. The molecule has 122 valence electrons. The van der Waals surface area contributed by atoms with Gasteiger partial charge in [0, 0.05) is 29.8 Å². The highest BCUT2D eigenvalue weighted by Gasteiger charge is 2.10. The Morgan fingerprint density at radius 3 is 2.67 bits per heavy atom. The Balaban J connectivity index is 1.91. The molecule has 0 unspecified atom stereocenters. The summed E-state index contributed by atoms with van der Waals surface area (Å²) in [6, 6.07) is 9.73. The number of hydrogen-bond acceptors (Lipinski definition) is 6. The summed E-state index contributed by atoms with van der Waals surface area (Å²) in [6.07, 6.45) is 3.47. The molecule has 7 nitrogen and oxygen atoms in total. The minimum absolute atomic E-state index is 0.0249. The Labute approximate surface area is 137 Å². The van der Waals surface area contributed by atoms with E-state index in [0.717, 1.165) is 5.56 Å². The van der Waals surface area contributed by atoms with Crippen molar-refractivity contribution in [3.8, 4) is 11.5 Å². The summed E-state index contributed by atoms with van der Waals surface area (Å²) in [5.41, 5.74) is 1.72. The summed E-state index contributed by atoms with van der Waals surface area (Å²) in [5, 5.41) is 10.8. The van der Waals surface area contributed by atoms with Crippen molar-refractivity contribution in [3.63, 3.8) is 0 Å². The van der Waals surface area contributed by atoms with Crippen molar-refractivity contribution in [1.82, 2.24) is 4.98 Å². The van der Waals surface area contributed by atoms with Crippen LogP contribution < -0.4 is 9.47 Å². The molecule has 0 radical (unpaired) electrons. The number of oxazole rings is 1. The summed E-state index contributed by atoms with van der Waals surface area (Å²) in [7, 11) is 3.16. The van der Waals surface area contributed by atoms with E-state index < -0.39 is 4.92 Å². The van der Waals surface area contributed by atoms with Crippen molar-refractivity contribution in [2.75, 3.05) is 14.2 Å². The van der Waals surface area contributed by atoms with Crippen LogP contribution in [-0.2, 0) is 0 Å². The predicted octanol–water partition coefficient (Wildman–Crippen LogP) is 3.92. The highest BCUT2D eigenvalue weighted by atomic mass is 16.6. The number of nitro groups is 1. The van der Waals surface area contributed by atoms with Gasteiger partial charge in [-0.25, -0.2) is 4.98 Å². The number of nitrogens with zero attached hydrogens (tertiary/aromatic N) is 2. The normalized spacial score (nSPS) is 11.1. The Hall–Kier alpha value is -3.35. The lowest BCUT2D eigenvalue weighted by Gasteiger charge is -2.06. The number of benzene rings is 2. The van der Waals surface area contributed by atoms with Gasteiger partial charge in [0.15, 0.2) is 5.58 Å². The highest BCUT2D eigenvalue weighted by molar-refractivity contribution is 5.78. The lowest BCUT2D eigenvalue weighted by Crippen LogP contribution is -1.89. The number of ether oxygens (including phenoxy) is 2. The number of aromatic nitrogens is 1. The summed E-state index contributed by atoms with van der Waals surface area (Å²) >= 11 is 0. The summed E-state index contributed by atoms with van der Waals surface area (Å²) < 4.78 is 16.0. The van der Waals surface area contributed by atoms with E-state index >= 15 is 0 Å². The Kier molecular flexibility index (Phi) is 4.15. The van der Waals surface area contributed by atoms with Gasteiger partial charge in [0.05, 0.1) is 19.1 Å². The van der Waals surface area contributed by atoms with Gasteiger partial charge in [-0.1, -0.05) is 0 Å². The van der Waals surface area contributed by atoms with Crippen LogP contribution in [0.1, 0.15) is 11.5 Å². The third kappa shape index (κ3) is 3.05. The first kappa shape index (κ1) is 15.5. The van der Waals surface area contributed by atoms with Gasteiger partial charge in [0.1, 0.15) is 17.0 Å². The minimum Gasteiger partial charge on any atom is -0.497 e. The lowest BCUT2D eigenvalue weighted by atomic mass is 10.1. The van der Waals surface area contributed by atoms with Gasteiger partial charge >= 0.3 is 0 Å². The molecule has 0 bridgehead atoms. The van der Waals surface area contributed by atoms with E-state index in [2.05, 4.69) is 4.98 Å². The molecule has 3 rings (SSSR count). The first-order valence-corrected chi connectivity index (χ1v) is 7.06. The molecule has 24 heavy (non-hydrogen) atoms. The van der Waals surface area contributed by atoms with Gasteiger partial charge in [-0.2, -0.15) is 0 Å². The number of non-ortho nitro benzene ring substituents is 1. The molecule has 0 fully saturated rings. The van der Waals surface area contributed by atoms with Gasteiger partial charge < -0.3 is 13.9 Å². The van der Waals surface area contributed by atoms with Crippen LogP contribution in [0.15, 0.2) is 40.8 Å². The molecule has 0 amide bonds. The van der Waals surface area contributed by atoms with Crippen molar-refractivity contribution in [2.45, 2.75) is 0 Å². The molecule has 3 aromatic rings. The monoisotopic (exact) mass is 326 g/mol. The third-order valence-electron chi connectivity index (χ3n) is 3.44. The van der Waals surface area contributed by atoms with E-state index in [0.29, 0.717) is 28.5 Å². The summed E-state index contributed by atoms with van der Waals surface area (Å²) in [4.78, 5) is 14.6. The molecule has 7 heteroatoms. The fourth-order valence-corrected chi connectivity index (χ4v) is 2.24. The van der Waals surface area contributed by atoms with E-state index in [1.165, 1.54) is 18.2 Å². The molecule has 0 N–H and O–H groups in total. The van der Waals surface area contributed by atoms with Crippen molar-refractivity contribution < 1.29 is 18.8 Å². The number of rotatable bonds is 5. The first-order chi connectivity index (χ1) is 11.6. The first-order valence-electron chi connectivity index (χ1n) is 7.06. The smallest absolute Gasteiger partial charge is 0.271 e. The Morgan fingerprint density at radius 1 is 1.12 bits per heavy atom. The van der Waals surface area contributed by atoms with Crippen LogP contribution in [0.2, 0.25) is 0 Å². The quantitative estimate of drug-likeness (QED) is 0.521. The zero-order valence-corrected chi connectivity index (χ0v) is 13.1. The fourth-order valence-electron chi connectivity index (χ4n) is 2.24. The summed E-state index contributed by atoms with van der Waals surface area (Å²) in [6.45, 7) is 0. The van der Waals surface area contributed by atoms with Crippen molar-refractivity contribution in [2.24, 2.45) is 0 Å². The molecule has 0 aliphatic rings. The van der Waals surface area contributed by atoms with E-state index in [9.17, 15) is 10.1 Å². The van der Waals surface area contributed by atoms with Gasteiger partial charge in [-0.15, -0.1) is 0 Å². The van der Waals surface area contributed by atoms with Gasteiger partial charge in [-0.05, 0) is 24.3 Å². The average Bonchev–Trinajstić information content (AvgIpc) is 3.01. The molecule has 0 aliphatic carbocycles. The van der Waals surface area contributed by atoms with Crippen LogP contribution in [0, 0.1) is 10.1 Å². The molecule has 2 aromatic carbocycles. The second kappa shape index (κ2) is 6.41. The summed E-state index contributed by atoms with van der Waals surface area (Å²) in [5.74, 6) is 1.69. The van der Waals surface area contributed by atoms with Crippen LogP contribution in [0.4, 0.5) is 5.69 Å². The van der Waals surface area contributed by atoms with Crippen LogP contribution >= 0.6 is 0 Å². The average molecular weight is 326 g/mol. The molecule has 0 aliphatic heterocycles. The number of fused-ring (bicyclic) bond motifs is 1. The second-order valence-corrected chi connectivity index (χ2v) is 4.90. The van der Waals surface area contributed by atoms with Crippen molar-refractivity contribution >= 4 is 28.9 Å². The molecule has 0 saturated heterocycles. The van der Waals surface area contributed by atoms with Gasteiger partial charge in [-0.3, -0.25) is 10.1 Å². The van der Waals surface area contributed by atoms with Crippen molar-refractivity contribution in [3.05, 3.63) is 58.0 Å². The van der Waals surface area contributed by atoms with E-state index in [1.54, 1.807) is 32.4 Å². The van der Waals surface area contributed by atoms with Crippen molar-refractivity contribution in [1.29, 1.82) is 0 Å². The molecular formula is C17H14N2O5. The molecule has 1 aromatic heterocycles.